The molecule has 1 aliphatic rings. The Balaban J connectivity index is 1.63. The van der Waals surface area contributed by atoms with Gasteiger partial charge >= 0.3 is 0 Å². The summed E-state index contributed by atoms with van der Waals surface area (Å²) in [6.07, 6.45) is 0.722. The molecule has 1 amide bonds. The van der Waals surface area contributed by atoms with Crippen LogP contribution in [0.3, 0.4) is 0 Å². The van der Waals surface area contributed by atoms with Gasteiger partial charge < -0.3 is 14.5 Å². The van der Waals surface area contributed by atoms with Crippen molar-refractivity contribution in [2.45, 2.75) is 19.9 Å². The number of aryl methyl sites for hydroxylation is 1. The Morgan fingerprint density at radius 3 is 2.67 bits per heavy atom. The Bertz CT molecular complexity index is 680. The lowest BCUT2D eigenvalue weighted by atomic mass is 10.1. The summed E-state index contributed by atoms with van der Waals surface area (Å²) in [4.78, 5) is 17.2. The molecule has 1 aromatic carbocycles. The number of hydrogen-bond acceptors (Lipinski definition) is 6. The lowest BCUT2D eigenvalue weighted by molar-refractivity contribution is 0.0788. The topological polar surface area (TPSA) is 58.6 Å². The summed E-state index contributed by atoms with van der Waals surface area (Å²) in [7, 11) is 1.82. The highest BCUT2D eigenvalue weighted by Gasteiger charge is 2.19. The molecule has 0 unspecified atom stereocenters. The molecule has 6 nitrogen and oxygen atoms in total. The first-order chi connectivity index (χ1) is 11.7. The first-order valence-electron chi connectivity index (χ1n) is 8.17. The van der Waals surface area contributed by atoms with Crippen molar-refractivity contribution in [3.63, 3.8) is 0 Å². The summed E-state index contributed by atoms with van der Waals surface area (Å²) in [6.45, 7) is 5.97. The van der Waals surface area contributed by atoms with E-state index in [0.717, 1.165) is 44.0 Å². The zero-order chi connectivity index (χ0) is 16.9. The number of anilines is 1. The largest absolute Gasteiger partial charge is 0.378 e. The van der Waals surface area contributed by atoms with Crippen LogP contribution in [0.15, 0.2) is 24.3 Å². The van der Waals surface area contributed by atoms with Crippen LogP contribution in [0.2, 0.25) is 0 Å². The van der Waals surface area contributed by atoms with Gasteiger partial charge in [0, 0.05) is 32.4 Å². The van der Waals surface area contributed by atoms with Crippen LogP contribution in [-0.4, -0.2) is 53.7 Å². The fourth-order valence-corrected chi connectivity index (χ4v) is 3.50. The number of aromatic nitrogens is 2. The molecule has 0 radical (unpaired) electrons. The Hall–Kier alpha value is -1.99. The fraction of sp³-hybridized carbons (Fsp3) is 0.471. The molecule has 2 aromatic rings. The first kappa shape index (κ1) is 16.9. The van der Waals surface area contributed by atoms with Gasteiger partial charge in [0.2, 0.25) is 0 Å². The molecular weight excluding hydrogens is 324 g/mol. The number of amides is 1. The summed E-state index contributed by atoms with van der Waals surface area (Å²) < 4.78 is 9.28. The number of benzene rings is 1. The maximum absolute atomic E-state index is 12.5. The zero-order valence-corrected chi connectivity index (χ0v) is 14.9. The van der Waals surface area contributed by atoms with E-state index in [2.05, 4.69) is 38.8 Å². The maximum atomic E-state index is 12.5. The van der Waals surface area contributed by atoms with Gasteiger partial charge in [0.1, 0.15) is 4.88 Å². The second kappa shape index (κ2) is 7.72. The normalized spacial score (nSPS) is 14.7. The summed E-state index contributed by atoms with van der Waals surface area (Å²) in [5.41, 5.74) is 3.09. The molecule has 2 heterocycles. The molecule has 1 fully saturated rings. The van der Waals surface area contributed by atoms with Crippen molar-refractivity contribution in [3.05, 3.63) is 40.4 Å². The van der Waals surface area contributed by atoms with E-state index in [0.29, 0.717) is 11.4 Å². The van der Waals surface area contributed by atoms with E-state index in [1.165, 1.54) is 17.2 Å². The number of morpholine rings is 1. The molecule has 3 rings (SSSR count). The summed E-state index contributed by atoms with van der Waals surface area (Å²) in [5, 5.41) is 4.01. The van der Waals surface area contributed by atoms with Gasteiger partial charge in [-0.15, -0.1) is 5.10 Å². The lowest BCUT2D eigenvalue weighted by Crippen LogP contribution is -2.36. The minimum absolute atomic E-state index is 0.0147. The molecular formula is C17H22N4O2S. The second-order valence-corrected chi connectivity index (χ2v) is 6.58. The van der Waals surface area contributed by atoms with Crippen molar-refractivity contribution >= 4 is 23.1 Å². The van der Waals surface area contributed by atoms with Gasteiger partial charge in [-0.1, -0.05) is 23.5 Å². The maximum Gasteiger partial charge on any atom is 0.267 e. The van der Waals surface area contributed by atoms with Crippen LogP contribution < -0.4 is 4.90 Å². The summed E-state index contributed by atoms with van der Waals surface area (Å²) >= 11 is 1.17. The van der Waals surface area contributed by atoms with Gasteiger partial charge in [-0.25, -0.2) is 0 Å². The molecule has 1 aromatic heterocycles. The molecule has 0 atom stereocenters. The SMILES string of the molecule is CCc1nnsc1C(=O)N(C)Cc1ccc(N2CCOCC2)cc1. The molecule has 0 saturated carbocycles. The quantitative estimate of drug-likeness (QED) is 0.831. The van der Waals surface area contributed by atoms with Crippen LogP contribution in [0, 0.1) is 0 Å². The minimum atomic E-state index is -0.0147. The fourth-order valence-electron chi connectivity index (χ4n) is 2.76. The van der Waals surface area contributed by atoms with Crippen LogP contribution >= 0.6 is 11.5 Å². The van der Waals surface area contributed by atoms with Crippen molar-refractivity contribution < 1.29 is 9.53 Å². The highest BCUT2D eigenvalue weighted by atomic mass is 32.1. The smallest absolute Gasteiger partial charge is 0.267 e. The van der Waals surface area contributed by atoms with E-state index in [1.807, 2.05) is 14.0 Å². The van der Waals surface area contributed by atoms with Gasteiger partial charge in [0.05, 0.1) is 18.9 Å². The molecule has 7 heteroatoms. The number of rotatable bonds is 5. The lowest BCUT2D eigenvalue weighted by Gasteiger charge is -2.29. The minimum Gasteiger partial charge on any atom is -0.378 e. The summed E-state index contributed by atoms with van der Waals surface area (Å²) in [5.74, 6) is -0.0147. The van der Waals surface area contributed by atoms with Crippen LogP contribution in [0.1, 0.15) is 27.9 Å². The molecule has 1 aliphatic heterocycles. The number of nitrogens with zero attached hydrogens (tertiary/aromatic N) is 4. The van der Waals surface area contributed by atoms with Crippen molar-refractivity contribution in [1.82, 2.24) is 14.5 Å². The third-order valence-electron chi connectivity index (χ3n) is 4.16. The van der Waals surface area contributed by atoms with Gasteiger partial charge in [0.25, 0.3) is 5.91 Å². The van der Waals surface area contributed by atoms with Crippen molar-refractivity contribution in [2.75, 3.05) is 38.3 Å². The van der Waals surface area contributed by atoms with E-state index in [-0.39, 0.29) is 5.91 Å². The second-order valence-electron chi connectivity index (χ2n) is 5.83. The number of ether oxygens (including phenoxy) is 1. The predicted molar refractivity (Wildman–Crippen MR) is 94.6 cm³/mol. The molecule has 24 heavy (non-hydrogen) atoms. The number of hydrogen-bond donors (Lipinski definition) is 0. The average Bonchev–Trinajstić information content (AvgIpc) is 3.11. The van der Waals surface area contributed by atoms with Crippen molar-refractivity contribution in [2.24, 2.45) is 0 Å². The molecule has 0 N–H and O–H groups in total. The summed E-state index contributed by atoms with van der Waals surface area (Å²) in [6, 6.07) is 8.40. The van der Waals surface area contributed by atoms with Gasteiger partial charge in [-0.05, 0) is 35.6 Å². The third-order valence-corrected chi connectivity index (χ3v) is 4.92. The molecule has 0 spiro atoms. The average molecular weight is 346 g/mol. The van der Waals surface area contributed by atoms with Crippen LogP contribution in [0.25, 0.3) is 0 Å². The van der Waals surface area contributed by atoms with E-state index < -0.39 is 0 Å². The Morgan fingerprint density at radius 2 is 2.00 bits per heavy atom. The van der Waals surface area contributed by atoms with E-state index >= 15 is 0 Å². The van der Waals surface area contributed by atoms with E-state index in [4.69, 9.17) is 4.74 Å². The number of carbonyl (C=O) groups excluding carboxylic acids is 1. The molecule has 0 bridgehead atoms. The molecule has 0 aliphatic carbocycles. The van der Waals surface area contributed by atoms with Crippen LogP contribution in [0.4, 0.5) is 5.69 Å². The zero-order valence-electron chi connectivity index (χ0n) is 14.1. The highest BCUT2D eigenvalue weighted by molar-refractivity contribution is 7.07. The first-order valence-corrected chi connectivity index (χ1v) is 8.94. The monoisotopic (exact) mass is 346 g/mol. The van der Waals surface area contributed by atoms with Gasteiger partial charge in [-0.2, -0.15) is 0 Å². The Morgan fingerprint density at radius 1 is 1.29 bits per heavy atom. The van der Waals surface area contributed by atoms with Crippen molar-refractivity contribution in [1.29, 1.82) is 0 Å². The molecule has 1 saturated heterocycles. The number of carbonyl (C=O) groups is 1. The third kappa shape index (κ3) is 3.73. The highest BCUT2D eigenvalue weighted by Crippen LogP contribution is 2.19. The van der Waals surface area contributed by atoms with Crippen LogP contribution in [0.5, 0.6) is 0 Å². The van der Waals surface area contributed by atoms with Gasteiger partial charge in [0.15, 0.2) is 0 Å². The molecule has 128 valence electrons. The standard InChI is InChI=1S/C17H22N4O2S/c1-3-15-16(24-19-18-15)17(22)20(2)12-13-4-6-14(7-5-13)21-8-10-23-11-9-21/h4-7H,3,8-12H2,1-2H3. The van der Waals surface area contributed by atoms with E-state index in [9.17, 15) is 4.79 Å². The Kier molecular flexibility index (Phi) is 5.42. The predicted octanol–water partition coefficient (Wildman–Crippen LogP) is 2.21. The Labute approximate surface area is 146 Å². The van der Waals surface area contributed by atoms with Crippen LogP contribution in [-0.2, 0) is 17.7 Å². The van der Waals surface area contributed by atoms with E-state index in [1.54, 1.807) is 4.90 Å². The van der Waals surface area contributed by atoms with Gasteiger partial charge in [-0.3, -0.25) is 4.79 Å². The van der Waals surface area contributed by atoms with Crippen molar-refractivity contribution in [3.8, 4) is 0 Å².